The fourth-order valence-corrected chi connectivity index (χ4v) is 3.39. The molecule has 0 amide bonds. The normalized spacial score (nSPS) is 27.4. The van der Waals surface area contributed by atoms with Crippen LogP contribution in [-0.4, -0.2) is 48.4 Å². The number of aromatic nitrogens is 2. The predicted molar refractivity (Wildman–Crippen MR) is 91.6 cm³/mol. The Labute approximate surface area is 144 Å². The van der Waals surface area contributed by atoms with Gasteiger partial charge in [-0.1, -0.05) is 6.42 Å². The molecule has 22 heavy (non-hydrogen) atoms. The van der Waals surface area contributed by atoms with Gasteiger partial charge in [0.25, 0.3) is 0 Å². The molecule has 3 fully saturated rings. The van der Waals surface area contributed by atoms with Crippen molar-refractivity contribution in [1.29, 1.82) is 0 Å². The van der Waals surface area contributed by atoms with Gasteiger partial charge in [-0.2, -0.15) is 0 Å². The molecule has 7 heteroatoms. The van der Waals surface area contributed by atoms with Crippen molar-refractivity contribution in [2.45, 2.75) is 44.2 Å². The van der Waals surface area contributed by atoms with Crippen LogP contribution in [0.25, 0.3) is 0 Å². The number of nitrogens with one attached hydrogen (secondary N) is 1. The van der Waals surface area contributed by atoms with Gasteiger partial charge in [0.05, 0.1) is 18.8 Å². The van der Waals surface area contributed by atoms with Crippen LogP contribution in [0.3, 0.4) is 0 Å². The summed E-state index contributed by atoms with van der Waals surface area (Å²) in [5, 5.41) is 3.53. The van der Waals surface area contributed by atoms with Crippen LogP contribution in [0.5, 0.6) is 0 Å². The number of rotatable bonds is 2. The summed E-state index contributed by atoms with van der Waals surface area (Å²) in [5.41, 5.74) is 2.32. The lowest BCUT2D eigenvalue weighted by atomic mass is 9.83. The van der Waals surface area contributed by atoms with E-state index in [0.29, 0.717) is 18.1 Å². The average Bonchev–Trinajstić information content (AvgIpc) is 2.79. The number of nitrogens with zero attached hydrogens (tertiary/aromatic N) is 3. The van der Waals surface area contributed by atoms with E-state index in [1.807, 2.05) is 0 Å². The molecule has 1 N–H and O–H groups in total. The minimum Gasteiger partial charge on any atom is -0.373 e. The van der Waals surface area contributed by atoms with Gasteiger partial charge in [-0.3, -0.25) is 0 Å². The fraction of sp³-hybridized carbons (Fsp3) is 0.733. The lowest BCUT2D eigenvalue weighted by Crippen LogP contribution is -2.47. The molecular formula is C15H24Cl2N4O. The third kappa shape index (κ3) is 3.32. The summed E-state index contributed by atoms with van der Waals surface area (Å²) in [5.74, 6) is 1.56. The van der Waals surface area contributed by atoms with E-state index in [9.17, 15) is 0 Å². The Morgan fingerprint density at radius 1 is 1.23 bits per heavy atom. The summed E-state index contributed by atoms with van der Waals surface area (Å²) in [6.45, 7) is 5.71. The highest BCUT2D eigenvalue weighted by Gasteiger charge is 2.36. The first kappa shape index (κ1) is 17.7. The lowest BCUT2D eigenvalue weighted by Gasteiger charge is -2.26. The van der Waals surface area contributed by atoms with Gasteiger partial charge in [0.2, 0.25) is 5.95 Å². The van der Waals surface area contributed by atoms with Crippen LogP contribution in [0.15, 0.2) is 6.07 Å². The first-order valence-electron chi connectivity index (χ1n) is 7.75. The van der Waals surface area contributed by atoms with Crippen molar-refractivity contribution < 1.29 is 4.74 Å². The second kappa shape index (κ2) is 7.30. The molecule has 0 unspecified atom stereocenters. The minimum atomic E-state index is 0. The van der Waals surface area contributed by atoms with Gasteiger partial charge in [-0.05, 0) is 25.8 Å². The molecule has 4 rings (SSSR count). The Balaban J connectivity index is 0.000000882. The van der Waals surface area contributed by atoms with Gasteiger partial charge >= 0.3 is 0 Å². The van der Waals surface area contributed by atoms with Gasteiger partial charge in [-0.15, -0.1) is 24.8 Å². The SMILES string of the molecule is Cc1cc(C2CCC2)nc(N2C[C@@H]3NCCO[C@H]3C2)n1.Cl.Cl. The minimum absolute atomic E-state index is 0. The predicted octanol–water partition coefficient (Wildman–Crippen LogP) is 2.07. The molecule has 3 aliphatic rings. The monoisotopic (exact) mass is 346 g/mol. The van der Waals surface area contributed by atoms with Gasteiger partial charge in [0.15, 0.2) is 0 Å². The Morgan fingerprint density at radius 2 is 2.05 bits per heavy atom. The van der Waals surface area contributed by atoms with Crippen LogP contribution >= 0.6 is 24.8 Å². The van der Waals surface area contributed by atoms with E-state index >= 15 is 0 Å². The van der Waals surface area contributed by atoms with E-state index in [2.05, 4.69) is 28.2 Å². The first-order valence-corrected chi connectivity index (χ1v) is 7.75. The molecule has 124 valence electrons. The van der Waals surface area contributed by atoms with Gasteiger partial charge in [0.1, 0.15) is 0 Å². The maximum absolute atomic E-state index is 5.83. The number of anilines is 1. The molecule has 2 atom stereocenters. The largest absolute Gasteiger partial charge is 0.373 e. The summed E-state index contributed by atoms with van der Waals surface area (Å²) in [6, 6.07) is 2.59. The molecule has 1 saturated carbocycles. The van der Waals surface area contributed by atoms with Crippen LogP contribution < -0.4 is 10.2 Å². The summed E-state index contributed by atoms with van der Waals surface area (Å²) < 4.78 is 5.83. The highest BCUT2D eigenvalue weighted by Crippen LogP contribution is 2.36. The third-order valence-corrected chi connectivity index (χ3v) is 4.78. The Kier molecular flexibility index (Phi) is 5.88. The van der Waals surface area contributed by atoms with Crippen molar-refractivity contribution >= 4 is 30.8 Å². The second-order valence-electron chi connectivity index (χ2n) is 6.24. The highest BCUT2D eigenvalue weighted by atomic mass is 35.5. The lowest BCUT2D eigenvalue weighted by molar-refractivity contribution is 0.0212. The summed E-state index contributed by atoms with van der Waals surface area (Å²) in [4.78, 5) is 11.8. The van der Waals surface area contributed by atoms with E-state index in [0.717, 1.165) is 37.9 Å². The molecule has 0 spiro atoms. The Hall–Kier alpha value is -0.620. The zero-order valence-electron chi connectivity index (χ0n) is 12.8. The highest BCUT2D eigenvalue weighted by molar-refractivity contribution is 5.85. The van der Waals surface area contributed by atoms with Crippen LogP contribution in [0.1, 0.15) is 36.6 Å². The number of morpholine rings is 1. The van der Waals surface area contributed by atoms with E-state index in [1.165, 1.54) is 25.0 Å². The van der Waals surface area contributed by atoms with Crippen molar-refractivity contribution in [2.75, 3.05) is 31.1 Å². The van der Waals surface area contributed by atoms with Crippen LogP contribution in [-0.2, 0) is 4.74 Å². The van der Waals surface area contributed by atoms with Crippen molar-refractivity contribution in [3.63, 3.8) is 0 Å². The quantitative estimate of drug-likeness (QED) is 0.888. The number of ether oxygens (including phenoxy) is 1. The second-order valence-corrected chi connectivity index (χ2v) is 6.24. The molecule has 0 aromatic carbocycles. The molecule has 3 heterocycles. The van der Waals surface area contributed by atoms with Crippen molar-refractivity contribution in [2.24, 2.45) is 0 Å². The zero-order chi connectivity index (χ0) is 13.5. The van der Waals surface area contributed by atoms with E-state index < -0.39 is 0 Å². The molecule has 1 aromatic rings. The third-order valence-electron chi connectivity index (χ3n) is 4.78. The maximum Gasteiger partial charge on any atom is 0.225 e. The van der Waals surface area contributed by atoms with Gasteiger partial charge < -0.3 is 15.0 Å². The molecule has 0 radical (unpaired) electrons. The number of hydrogen-bond acceptors (Lipinski definition) is 5. The Bertz CT molecular complexity index is 498. The molecular weight excluding hydrogens is 323 g/mol. The van der Waals surface area contributed by atoms with Gasteiger partial charge in [0, 0.05) is 36.9 Å². The summed E-state index contributed by atoms with van der Waals surface area (Å²) in [7, 11) is 0. The number of aryl methyl sites for hydroxylation is 1. The Morgan fingerprint density at radius 3 is 2.73 bits per heavy atom. The summed E-state index contributed by atoms with van der Waals surface area (Å²) >= 11 is 0. The summed E-state index contributed by atoms with van der Waals surface area (Å²) in [6.07, 6.45) is 4.20. The van der Waals surface area contributed by atoms with Crippen LogP contribution in [0.4, 0.5) is 5.95 Å². The van der Waals surface area contributed by atoms with E-state index in [-0.39, 0.29) is 24.8 Å². The van der Waals surface area contributed by atoms with Crippen LogP contribution in [0, 0.1) is 6.92 Å². The topological polar surface area (TPSA) is 50.3 Å². The van der Waals surface area contributed by atoms with Crippen molar-refractivity contribution in [3.8, 4) is 0 Å². The molecule has 1 aromatic heterocycles. The maximum atomic E-state index is 5.83. The average molecular weight is 347 g/mol. The number of fused-ring (bicyclic) bond motifs is 1. The smallest absolute Gasteiger partial charge is 0.225 e. The molecule has 2 saturated heterocycles. The van der Waals surface area contributed by atoms with E-state index in [1.54, 1.807) is 0 Å². The van der Waals surface area contributed by atoms with E-state index in [4.69, 9.17) is 9.72 Å². The first-order chi connectivity index (χ1) is 9.79. The number of hydrogen-bond donors (Lipinski definition) is 1. The standard InChI is InChI=1S/C15H22N4O.2ClH/c1-10-7-12(11-3-2-4-11)18-15(17-10)19-8-13-14(9-19)20-6-5-16-13;;/h7,11,13-14,16H,2-6,8-9H2,1H3;2*1H/t13-,14-;;/m0../s1. The molecule has 1 aliphatic carbocycles. The van der Waals surface area contributed by atoms with Crippen molar-refractivity contribution in [1.82, 2.24) is 15.3 Å². The fourth-order valence-electron chi connectivity index (χ4n) is 3.39. The van der Waals surface area contributed by atoms with Gasteiger partial charge in [-0.25, -0.2) is 9.97 Å². The zero-order valence-corrected chi connectivity index (χ0v) is 14.5. The van der Waals surface area contributed by atoms with Crippen LogP contribution in [0.2, 0.25) is 0 Å². The number of halogens is 2. The molecule has 0 bridgehead atoms. The van der Waals surface area contributed by atoms with Crippen molar-refractivity contribution in [3.05, 3.63) is 17.5 Å². The molecule has 5 nitrogen and oxygen atoms in total. The molecule has 2 aliphatic heterocycles.